The minimum Gasteiger partial charge on any atom is -0.478 e. The fourth-order valence-corrected chi connectivity index (χ4v) is 0.600. The molecule has 0 saturated carbocycles. The molecule has 0 atom stereocenters. The molecule has 0 spiro atoms. The fourth-order valence-electron chi connectivity index (χ4n) is 0.600. The number of carbonyl (C=O) groups excluding carboxylic acids is 1. The van der Waals surface area contributed by atoms with Crippen molar-refractivity contribution in [1.29, 1.82) is 0 Å². The number of carboxylic acids is 1. The zero-order chi connectivity index (χ0) is 10.4. The topological polar surface area (TPSA) is 63.6 Å². The van der Waals surface area contributed by atoms with E-state index < -0.39 is 11.9 Å². The van der Waals surface area contributed by atoms with Crippen molar-refractivity contribution in [1.82, 2.24) is 0 Å². The average Bonchev–Trinajstić information content (AvgIpc) is 1.98. The molecule has 0 aromatic rings. The zero-order valence-electron chi connectivity index (χ0n) is 8.03. The molecule has 13 heavy (non-hydrogen) atoms. The van der Waals surface area contributed by atoms with Crippen LogP contribution in [0, 0.1) is 5.92 Å². The van der Waals surface area contributed by atoms with E-state index in [1.165, 1.54) is 6.92 Å². The van der Waals surface area contributed by atoms with Crippen molar-refractivity contribution in [2.45, 2.75) is 20.8 Å². The molecule has 0 saturated heterocycles. The Hall–Kier alpha value is -1.32. The van der Waals surface area contributed by atoms with Crippen molar-refractivity contribution >= 4 is 11.9 Å². The predicted molar refractivity (Wildman–Crippen MR) is 47.2 cm³/mol. The van der Waals surface area contributed by atoms with E-state index in [4.69, 9.17) is 9.84 Å². The number of carboxylic acid groups (broad SMARTS) is 1. The molecule has 0 aliphatic heterocycles. The molecule has 0 bridgehead atoms. The first-order valence-corrected chi connectivity index (χ1v) is 4.01. The highest BCUT2D eigenvalue weighted by Crippen LogP contribution is 1.99. The molecule has 0 aromatic carbocycles. The van der Waals surface area contributed by atoms with Gasteiger partial charge in [-0.15, -0.1) is 0 Å². The largest absolute Gasteiger partial charge is 0.478 e. The molecule has 0 fully saturated rings. The minimum atomic E-state index is -1.14. The number of ether oxygens (including phenoxy) is 1. The molecule has 4 nitrogen and oxygen atoms in total. The zero-order valence-corrected chi connectivity index (χ0v) is 8.03. The molecular weight excluding hydrogens is 172 g/mol. The molecule has 0 unspecified atom stereocenters. The normalized spacial score (nSPS) is 11.5. The third-order valence-corrected chi connectivity index (χ3v) is 1.21. The number of esters is 1. The summed E-state index contributed by atoms with van der Waals surface area (Å²) < 4.78 is 4.80. The maximum absolute atomic E-state index is 11.0. The van der Waals surface area contributed by atoms with Crippen LogP contribution in [0.2, 0.25) is 0 Å². The Balaban J connectivity index is 4.04. The van der Waals surface area contributed by atoms with E-state index >= 15 is 0 Å². The second-order valence-electron chi connectivity index (χ2n) is 3.16. The lowest BCUT2D eigenvalue weighted by Gasteiger charge is -2.06. The van der Waals surface area contributed by atoms with Gasteiger partial charge in [-0.1, -0.05) is 13.8 Å². The molecule has 0 amide bonds. The lowest BCUT2D eigenvalue weighted by Crippen LogP contribution is -2.11. The maximum Gasteiger partial charge on any atom is 0.333 e. The van der Waals surface area contributed by atoms with Crippen LogP contribution < -0.4 is 0 Å². The summed E-state index contributed by atoms with van der Waals surface area (Å²) in [5, 5.41) is 8.33. The lowest BCUT2D eigenvalue weighted by atomic mass is 10.2. The summed E-state index contributed by atoms with van der Waals surface area (Å²) in [4.78, 5) is 21.2. The molecule has 1 N–H and O–H groups in total. The number of carbonyl (C=O) groups is 2. The first kappa shape index (κ1) is 11.7. The Bertz CT molecular complexity index is 228. The van der Waals surface area contributed by atoms with Gasteiger partial charge in [0.25, 0.3) is 0 Å². The maximum atomic E-state index is 11.0. The fraction of sp³-hybridized carbons (Fsp3) is 0.556. The SMILES string of the molecule is CC(=CC(=O)O)C(=O)OCC(C)C. The molecule has 0 radical (unpaired) electrons. The van der Waals surface area contributed by atoms with Gasteiger partial charge in [0.2, 0.25) is 0 Å². The Kier molecular flexibility index (Phi) is 4.80. The van der Waals surface area contributed by atoms with Gasteiger partial charge in [-0.2, -0.15) is 0 Å². The van der Waals surface area contributed by atoms with Crippen LogP contribution in [0.4, 0.5) is 0 Å². The number of hydrogen-bond donors (Lipinski definition) is 1. The minimum absolute atomic E-state index is 0.105. The van der Waals surface area contributed by atoms with Crippen molar-refractivity contribution in [2.24, 2.45) is 5.92 Å². The molecule has 0 aromatic heterocycles. The van der Waals surface area contributed by atoms with E-state index in [0.717, 1.165) is 6.08 Å². The van der Waals surface area contributed by atoms with Crippen LogP contribution in [0.5, 0.6) is 0 Å². The third-order valence-electron chi connectivity index (χ3n) is 1.21. The molecule has 0 heterocycles. The van der Waals surface area contributed by atoms with Crippen molar-refractivity contribution in [3.8, 4) is 0 Å². The summed E-state index contributed by atoms with van der Waals surface area (Å²) in [6.45, 7) is 5.54. The van der Waals surface area contributed by atoms with Crippen LogP contribution in [-0.4, -0.2) is 23.7 Å². The van der Waals surface area contributed by atoms with Gasteiger partial charge in [0.05, 0.1) is 6.61 Å². The van der Waals surface area contributed by atoms with Gasteiger partial charge in [0, 0.05) is 11.6 Å². The summed E-state index contributed by atoms with van der Waals surface area (Å²) in [6, 6.07) is 0. The summed E-state index contributed by atoms with van der Waals surface area (Å²) in [5.74, 6) is -1.46. The molecule has 0 aliphatic carbocycles. The summed E-state index contributed by atoms with van der Waals surface area (Å²) >= 11 is 0. The van der Waals surface area contributed by atoms with Crippen LogP contribution in [0.1, 0.15) is 20.8 Å². The Morgan fingerprint density at radius 3 is 2.38 bits per heavy atom. The van der Waals surface area contributed by atoms with Crippen molar-refractivity contribution < 1.29 is 19.4 Å². The van der Waals surface area contributed by atoms with Crippen LogP contribution in [0.15, 0.2) is 11.6 Å². The lowest BCUT2D eigenvalue weighted by molar-refractivity contribution is -0.140. The van der Waals surface area contributed by atoms with Gasteiger partial charge < -0.3 is 9.84 Å². The highest BCUT2D eigenvalue weighted by atomic mass is 16.5. The first-order chi connectivity index (χ1) is 5.93. The van der Waals surface area contributed by atoms with Gasteiger partial charge >= 0.3 is 11.9 Å². The van der Waals surface area contributed by atoms with Crippen molar-refractivity contribution in [3.05, 3.63) is 11.6 Å². The van der Waals surface area contributed by atoms with Crippen molar-refractivity contribution in [2.75, 3.05) is 6.61 Å². The average molecular weight is 186 g/mol. The predicted octanol–water partition coefficient (Wildman–Crippen LogP) is 1.22. The molecule has 74 valence electrons. The van der Waals surface area contributed by atoms with Gasteiger partial charge in [-0.05, 0) is 12.8 Å². The summed E-state index contributed by atoms with van der Waals surface area (Å²) in [6.07, 6.45) is 0.836. The van der Waals surface area contributed by atoms with E-state index in [2.05, 4.69) is 0 Å². The quantitative estimate of drug-likeness (QED) is 0.529. The number of hydrogen-bond acceptors (Lipinski definition) is 3. The van der Waals surface area contributed by atoms with Crippen LogP contribution >= 0.6 is 0 Å². The van der Waals surface area contributed by atoms with E-state index in [-0.39, 0.29) is 11.5 Å². The Morgan fingerprint density at radius 1 is 1.46 bits per heavy atom. The molecular formula is C9H14O4. The summed E-state index contributed by atoms with van der Waals surface area (Å²) in [7, 11) is 0. The Morgan fingerprint density at radius 2 is 2.00 bits per heavy atom. The van der Waals surface area contributed by atoms with Gasteiger partial charge in [0.15, 0.2) is 0 Å². The van der Waals surface area contributed by atoms with E-state index in [1.54, 1.807) is 0 Å². The number of aliphatic carboxylic acids is 1. The summed E-state index contributed by atoms with van der Waals surface area (Å²) in [5.41, 5.74) is 0.105. The monoisotopic (exact) mass is 186 g/mol. The van der Waals surface area contributed by atoms with Crippen LogP contribution in [-0.2, 0) is 14.3 Å². The van der Waals surface area contributed by atoms with E-state index in [1.807, 2.05) is 13.8 Å². The van der Waals surface area contributed by atoms with E-state index in [0.29, 0.717) is 6.61 Å². The van der Waals surface area contributed by atoms with Gasteiger partial charge in [-0.25, -0.2) is 9.59 Å². The van der Waals surface area contributed by atoms with E-state index in [9.17, 15) is 9.59 Å². The van der Waals surface area contributed by atoms with Gasteiger partial charge in [0.1, 0.15) is 0 Å². The van der Waals surface area contributed by atoms with Crippen molar-refractivity contribution in [3.63, 3.8) is 0 Å². The van der Waals surface area contributed by atoms with Crippen LogP contribution in [0.3, 0.4) is 0 Å². The molecule has 0 rings (SSSR count). The van der Waals surface area contributed by atoms with Gasteiger partial charge in [-0.3, -0.25) is 0 Å². The number of rotatable bonds is 4. The third kappa shape index (κ3) is 5.90. The smallest absolute Gasteiger partial charge is 0.333 e. The highest BCUT2D eigenvalue weighted by molar-refractivity contribution is 5.95. The Labute approximate surface area is 77.2 Å². The van der Waals surface area contributed by atoms with Crippen LogP contribution in [0.25, 0.3) is 0 Å². The standard InChI is InChI=1S/C9H14O4/c1-6(2)5-13-9(12)7(3)4-8(10)11/h4,6H,5H2,1-3H3,(H,10,11). The first-order valence-electron chi connectivity index (χ1n) is 4.01. The second kappa shape index (κ2) is 5.35. The molecule has 0 aliphatic rings. The highest BCUT2D eigenvalue weighted by Gasteiger charge is 2.07. The molecule has 4 heteroatoms. The second-order valence-corrected chi connectivity index (χ2v) is 3.16.